The molecular weight excluding hydrogens is 360 g/mol. The monoisotopic (exact) mass is 382 g/mol. The zero-order valence-corrected chi connectivity index (χ0v) is 15.8. The second-order valence-electron chi connectivity index (χ2n) is 7.28. The number of anilines is 1. The van der Waals surface area contributed by atoms with Gasteiger partial charge in [-0.15, -0.1) is 0 Å². The highest BCUT2D eigenvalue weighted by molar-refractivity contribution is 7.90. The van der Waals surface area contributed by atoms with Crippen LogP contribution in [0, 0.1) is 0 Å². The molecule has 0 radical (unpaired) electrons. The SMILES string of the molecule is O=S(=O)(c1ccccc1)n1cc(N2CCN3CCCC3C2)c2ncccc21. The fraction of sp³-hybridized carbons (Fsp3) is 0.350. The molecule has 0 spiro atoms. The number of aromatic nitrogens is 2. The number of pyridine rings is 1. The lowest BCUT2D eigenvalue weighted by atomic mass is 10.1. The van der Waals surface area contributed by atoms with Crippen molar-refractivity contribution >= 4 is 26.7 Å². The molecule has 140 valence electrons. The van der Waals surface area contributed by atoms with Gasteiger partial charge in [0, 0.05) is 38.1 Å². The van der Waals surface area contributed by atoms with Crippen molar-refractivity contribution < 1.29 is 8.42 Å². The molecule has 0 amide bonds. The molecule has 0 saturated carbocycles. The molecule has 4 heterocycles. The highest BCUT2D eigenvalue weighted by Gasteiger charge is 2.32. The third-order valence-corrected chi connectivity index (χ3v) is 7.42. The van der Waals surface area contributed by atoms with E-state index >= 15 is 0 Å². The molecule has 1 atom stereocenters. The summed E-state index contributed by atoms with van der Waals surface area (Å²) in [5.74, 6) is 0. The van der Waals surface area contributed by atoms with Crippen molar-refractivity contribution in [2.75, 3.05) is 31.1 Å². The molecule has 0 aliphatic carbocycles. The number of hydrogen-bond acceptors (Lipinski definition) is 5. The lowest BCUT2D eigenvalue weighted by Gasteiger charge is -2.38. The van der Waals surface area contributed by atoms with Gasteiger partial charge in [0.1, 0.15) is 5.52 Å². The lowest BCUT2D eigenvalue weighted by molar-refractivity contribution is 0.231. The molecular formula is C20H22N4O2S. The van der Waals surface area contributed by atoms with E-state index in [2.05, 4.69) is 14.8 Å². The van der Waals surface area contributed by atoms with E-state index in [-0.39, 0.29) is 4.90 Å². The Labute approximate surface area is 159 Å². The Hall–Kier alpha value is -2.38. The maximum atomic E-state index is 13.2. The van der Waals surface area contributed by atoms with Gasteiger partial charge in [-0.1, -0.05) is 18.2 Å². The molecule has 1 unspecified atom stereocenters. The van der Waals surface area contributed by atoms with Crippen molar-refractivity contribution in [3.63, 3.8) is 0 Å². The predicted octanol–water partition coefficient (Wildman–Crippen LogP) is 2.56. The minimum Gasteiger partial charge on any atom is -0.366 e. The molecule has 0 N–H and O–H groups in total. The molecule has 2 aromatic heterocycles. The van der Waals surface area contributed by atoms with E-state index in [4.69, 9.17) is 0 Å². The minimum atomic E-state index is -3.66. The van der Waals surface area contributed by atoms with Crippen LogP contribution in [-0.2, 0) is 10.0 Å². The fourth-order valence-electron chi connectivity index (χ4n) is 4.36. The Morgan fingerprint density at radius 2 is 1.85 bits per heavy atom. The Morgan fingerprint density at radius 1 is 1.00 bits per heavy atom. The fourth-order valence-corrected chi connectivity index (χ4v) is 5.73. The molecule has 2 saturated heterocycles. The van der Waals surface area contributed by atoms with Crippen molar-refractivity contribution in [2.24, 2.45) is 0 Å². The molecule has 3 aromatic rings. The third kappa shape index (κ3) is 2.73. The van der Waals surface area contributed by atoms with Crippen LogP contribution in [0.25, 0.3) is 11.0 Å². The van der Waals surface area contributed by atoms with E-state index in [1.807, 2.05) is 12.1 Å². The molecule has 7 heteroatoms. The molecule has 1 aromatic carbocycles. The van der Waals surface area contributed by atoms with Crippen molar-refractivity contribution in [3.05, 3.63) is 54.9 Å². The molecule has 2 aliphatic heterocycles. The maximum Gasteiger partial charge on any atom is 0.268 e. The van der Waals surface area contributed by atoms with Crippen molar-refractivity contribution in [1.82, 2.24) is 13.9 Å². The average Bonchev–Trinajstić information content (AvgIpc) is 3.33. The predicted molar refractivity (Wildman–Crippen MR) is 106 cm³/mol. The van der Waals surface area contributed by atoms with Crippen molar-refractivity contribution in [1.29, 1.82) is 0 Å². The second kappa shape index (κ2) is 6.35. The van der Waals surface area contributed by atoms with E-state index in [0.717, 1.165) is 30.8 Å². The summed E-state index contributed by atoms with van der Waals surface area (Å²) in [5.41, 5.74) is 2.30. The molecule has 2 aliphatic rings. The summed E-state index contributed by atoms with van der Waals surface area (Å²) in [6.07, 6.45) is 5.95. The van der Waals surface area contributed by atoms with Gasteiger partial charge < -0.3 is 4.90 Å². The zero-order valence-electron chi connectivity index (χ0n) is 15.0. The van der Waals surface area contributed by atoms with Gasteiger partial charge >= 0.3 is 0 Å². The van der Waals surface area contributed by atoms with E-state index < -0.39 is 10.0 Å². The number of piperazine rings is 1. The van der Waals surface area contributed by atoms with Gasteiger partial charge in [0.05, 0.1) is 16.1 Å². The van der Waals surface area contributed by atoms with Gasteiger partial charge in [0.25, 0.3) is 10.0 Å². The molecule has 5 rings (SSSR count). The number of hydrogen-bond donors (Lipinski definition) is 0. The summed E-state index contributed by atoms with van der Waals surface area (Å²) in [4.78, 5) is 9.67. The first-order valence-electron chi connectivity index (χ1n) is 9.40. The number of nitrogens with zero attached hydrogens (tertiary/aromatic N) is 4. The molecule has 6 nitrogen and oxygen atoms in total. The summed E-state index contributed by atoms with van der Waals surface area (Å²) in [7, 11) is -3.66. The van der Waals surface area contributed by atoms with Crippen molar-refractivity contribution in [2.45, 2.75) is 23.8 Å². The van der Waals surface area contributed by atoms with E-state index in [1.165, 1.54) is 23.4 Å². The summed E-state index contributed by atoms with van der Waals surface area (Å²) in [6.45, 7) is 4.04. The Kier molecular flexibility index (Phi) is 3.94. The third-order valence-electron chi connectivity index (χ3n) is 5.73. The molecule has 27 heavy (non-hydrogen) atoms. The zero-order chi connectivity index (χ0) is 18.4. The number of rotatable bonds is 3. The van der Waals surface area contributed by atoms with Crippen LogP contribution in [0.3, 0.4) is 0 Å². The topological polar surface area (TPSA) is 58.4 Å². The first kappa shape index (κ1) is 16.8. The van der Waals surface area contributed by atoms with E-state index in [9.17, 15) is 8.42 Å². The maximum absolute atomic E-state index is 13.2. The van der Waals surface area contributed by atoms with Gasteiger partial charge in [-0.25, -0.2) is 12.4 Å². The Balaban J connectivity index is 1.61. The second-order valence-corrected chi connectivity index (χ2v) is 9.09. The van der Waals surface area contributed by atoms with Gasteiger partial charge in [0.2, 0.25) is 0 Å². The molecule has 0 bridgehead atoms. The van der Waals surface area contributed by atoms with Crippen LogP contribution in [0.15, 0.2) is 59.8 Å². The van der Waals surface area contributed by atoms with Crippen molar-refractivity contribution in [3.8, 4) is 0 Å². The van der Waals surface area contributed by atoms with Gasteiger partial charge in [-0.05, 0) is 43.7 Å². The van der Waals surface area contributed by atoms with Gasteiger partial charge in [0.15, 0.2) is 0 Å². The first-order valence-corrected chi connectivity index (χ1v) is 10.8. The van der Waals surface area contributed by atoms with E-state index in [0.29, 0.717) is 11.6 Å². The standard InChI is InChI=1S/C20H22N4O2S/c25-27(26,17-7-2-1-3-8-17)24-15-19(20-18(24)9-4-10-21-20)23-13-12-22-11-5-6-16(22)14-23/h1-4,7-10,15-16H,5-6,11-14H2. The van der Waals surface area contributed by atoms with Gasteiger partial charge in [-0.3, -0.25) is 9.88 Å². The largest absolute Gasteiger partial charge is 0.366 e. The Bertz CT molecular complexity index is 1080. The van der Waals surface area contributed by atoms with Crippen LogP contribution in [0.4, 0.5) is 5.69 Å². The minimum absolute atomic E-state index is 0.290. The lowest BCUT2D eigenvalue weighted by Crippen LogP contribution is -2.50. The summed E-state index contributed by atoms with van der Waals surface area (Å²) >= 11 is 0. The highest BCUT2D eigenvalue weighted by atomic mass is 32.2. The molecule has 2 fully saturated rings. The van der Waals surface area contributed by atoms with Crippen LogP contribution in [-0.4, -0.2) is 54.5 Å². The van der Waals surface area contributed by atoms with Crippen LogP contribution in [0.1, 0.15) is 12.8 Å². The number of fused-ring (bicyclic) bond motifs is 2. The quantitative estimate of drug-likeness (QED) is 0.697. The van der Waals surface area contributed by atoms with Gasteiger partial charge in [-0.2, -0.15) is 0 Å². The van der Waals surface area contributed by atoms with E-state index in [1.54, 1.807) is 42.7 Å². The van der Waals surface area contributed by atoms with Crippen LogP contribution < -0.4 is 4.90 Å². The van der Waals surface area contributed by atoms with Crippen LogP contribution in [0.5, 0.6) is 0 Å². The first-order chi connectivity index (χ1) is 13.1. The Morgan fingerprint density at radius 3 is 2.70 bits per heavy atom. The normalized spacial score (nSPS) is 20.9. The number of benzene rings is 1. The summed E-state index contributed by atoms with van der Waals surface area (Å²) in [6, 6.07) is 12.8. The van der Waals surface area contributed by atoms with Crippen LogP contribution in [0.2, 0.25) is 0 Å². The smallest absolute Gasteiger partial charge is 0.268 e. The van der Waals surface area contributed by atoms with Crippen LogP contribution >= 0.6 is 0 Å². The summed E-state index contributed by atoms with van der Waals surface area (Å²) in [5, 5.41) is 0. The average molecular weight is 382 g/mol. The summed E-state index contributed by atoms with van der Waals surface area (Å²) < 4.78 is 27.9. The highest BCUT2D eigenvalue weighted by Crippen LogP contribution is 2.33.